The van der Waals surface area contributed by atoms with Gasteiger partial charge in [-0.1, -0.05) is 11.6 Å². The number of hydrogen-bond acceptors (Lipinski definition) is 6. The van der Waals surface area contributed by atoms with Gasteiger partial charge in [0.1, 0.15) is 17.9 Å². The van der Waals surface area contributed by atoms with Gasteiger partial charge in [-0.05, 0) is 18.2 Å². The maximum atomic E-state index is 14.4. The molecule has 4 aromatic rings. The average molecular weight is 397 g/mol. The highest BCUT2D eigenvalue weighted by atomic mass is 35.5. The van der Waals surface area contributed by atoms with E-state index < -0.39 is 0 Å². The lowest BCUT2D eigenvalue weighted by molar-refractivity contribution is 0.356. The molecular weight excluding hydrogens is 383 g/mol. The van der Waals surface area contributed by atoms with E-state index in [1.165, 1.54) is 6.07 Å². The number of rotatable bonds is 4. The second-order valence-electron chi connectivity index (χ2n) is 6.33. The number of pyridine rings is 1. The lowest BCUT2D eigenvalue weighted by Crippen LogP contribution is -2.09. The van der Waals surface area contributed by atoms with Crippen LogP contribution in [0.3, 0.4) is 0 Å². The van der Waals surface area contributed by atoms with E-state index in [9.17, 15) is 4.39 Å². The molecule has 7 nitrogen and oxygen atoms in total. The SMILES string of the molecule is Fc1ccc2c(c1CNc1ncc(-c3cnccc3Cl)c3nncn13)CCO2. The van der Waals surface area contributed by atoms with Crippen molar-refractivity contribution < 1.29 is 9.13 Å². The summed E-state index contributed by atoms with van der Waals surface area (Å²) in [7, 11) is 0. The molecule has 0 spiro atoms. The first kappa shape index (κ1) is 16.9. The summed E-state index contributed by atoms with van der Waals surface area (Å²) in [5.41, 5.74) is 3.48. The fraction of sp³-hybridized carbons (Fsp3) is 0.158. The van der Waals surface area contributed by atoms with Crippen LogP contribution in [0.5, 0.6) is 5.75 Å². The molecule has 0 saturated heterocycles. The van der Waals surface area contributed by atoms with Crippen LogP contribution < -0.4 is 10.1 Å². The van der Waals surface area contributed by atoms with Crippen LogP contribution in [0.1, 0.15) is 11.1 Å². The first-order valence-electron chi connectivity index (χ1n) is 8.68. The largest absolute Gasteiger partial charge is 0.493 e. The predicted octanol–water partition coefficient (Wildman–Crippen LogP) is 3.53. The standard InChI is InChI=1S/C19H14ClFN6O/c20-15-3-5-22-7-12(15)14-9-24-19(27-10-25-26-18(14)27)23-8-13-11-4-6-28-17(11)2-1-16(13)21/h1-3,5,7,9-10H,4,6,8H2,(H,23,24). The van der Waals surface area contributed by atoms with E-state index in [0.29, 0.717) is 46.3 Å². The van der Waals surface area contributed by atoms with Crippen LogP contribution in [0.4, 0.5) is 10.3 Å². The van der Waals surface area contributed by atoms with Crippen molar-refractivity contribution >= 4 is 23.2 Å². The van der Waals surface area contributed by atoms with Crippen LogP contribution in [-0.2, 0) is 13.0 Å². The number of nitrogens with zero attached hydrogens (tertiary/aromatic N) is 5. The molecule has 1 aliphatic heterocycles. The molecular formula is C19H14ClFN6O. The molecule has 0 aliphatic carbocycles. The van der Waals surface area contributed by atoms with Gasteiger partial charge in [0.15, 0.2) is 5.65 Å². The van der Waals surface area contributed by atoms with Gasteiger partial charge in [0.05, 0.1) is 11.6 Å². The normalized spacial score (nSPS) is 12.8. The van der Waals surface area contributed by atoms with Gasteiger partial charge >= 0.3 is 0 Å². The van der Waals surface area contributed by atoms with Crippen molar-refractivity contribution in [2.75, 3.05) is 11.9 Å². The summed E-state index contributed by atoms with van der Waals surface area (Å²) < 4.78 is 21.6. The zero-order valence-electron chi connectivity index (χ0n) is 14.6. The first-order valence-corrected chi connectivity index (χ1v) is 9.05. The van der Waals surface area contributed by atoms with Crippen LogP contribution in [0.25, 0.3) is 16.8 Å². The number of nitrogens with one attached hydrogen (secondary N) is 1. The van der Waals surface area contributed by atoms with Crippen LogP contribution >= 0.6 is 11.6 Å². The zero-order valence-corrected chi connectivity index (χ0v) is 15.3. The Morgan fingerprint density at radius 2 is 2.14 bits per heavy atom. The third-order valence-corrected chi connectivity index (χ3v) is 5.08. The van der Waals surface area contributed by atoms with Gasteiger partial charge < -0.3 is 10.1 Å². The zero-order chi connectivity index (χ0) is 19.1. The van der Waals surface area contributed by atoms with Gasteiger partial charge in [0.2, 0.25) is 5.95 Å². The van der Waals surface area contributed by atoms with E-state index in [-0.39, 0.29) is 12.4 Å². The minimum Gasteiger partial charge on any atom is -0.493 e. The van der Waals surface area contributed by atoms with Crippen molar-refractivity contribution in [1.82, 2.24) is 24.6 Å². The van der Waals surface area contributed by atoms with E-state index in [4.69, 9.17) is 16.3 Å². The Balaban J connectivity index is 1.51. The fourth-order valence-electron chi connectivity index (χ4n) is 3.39. The summed E-state index contributed by atoms with van der Waals surface area (Å²) in [4.78, 5) is 8.58. The quantitative estimate of drug-likeness (QED) is 0.568. The van der Waals surface area contributed by atoms with Crippen LogP contribution in [0.2, 0.25) is 5.02 Å². The van der Waals surface area contributed by atoms with Crippen molar-refractivity contribution in [3.63, 3.8) is 0 Å². The van der Waals surface area contributed by atoms with E-state index in [1.807, 2.05) is 0 Å². The van der Waals surface area contributed by atoms with Crippen molar-refractivity contribution in [1.29, 1.82) is 0 Å². The highest BCUT2D eigenvalue weighted by Gasteiger charge is 2.20. The minimum atomic E-state index is -0.268. The van der Waals surface area contributed by atoms with E-state index in [2.05, 4.69) is 25.5 Å². The molecule has 140 valence electrons. The average Bonchev–Trinajstić information content (AvgIpc) is 3.37. The number of aromatic nitrogens is 5. The Labute approximate surface area is 164 Å². The first-order chi connectivity index (χ1) is 13.7. The second kappa shape index (κ2) is 6.72. The van der Waals surface area contributed by atoms with Crippen molar-refractivity contribution in [3.05, 3.63) is 65.1 Å². The molecule has 1 aliphatic rings. The topological polar surface area (TPSA) is 77.2 Å². The fourth-order valence-corrected chi connectivity index (χ4v) is 3.60. The highest BCUT2D eigenvalue weighted by Crippen LogP contribution is 2.32. The molecule has 0 bridgehead atoms. The Hall–Kier alpha value is -3.26. The number of anilines is 1. The number of ether oxygens (including phenoxy) is 1. The maximum Gasteiger partial charge on any atom is 0.210 e. The third kappa shape index (κ3) is 2.73. The number of benzene rings is 1. The van der Waals surface area contributed by atoms with Gasteiger partial charge in [0, 0.05) is 53.8 Å². The van der Waals surface area contributed by atoms with Crippen LogP contribution in [-0.4, -0.2) is 31.2 Å². The van der Waals surface area contributed by atoms with E-state index in [0.717, 1.165) is 11.3 Å². The Bertz CT molecular complexity index is 1190. The number of halogens is 2. The third-order valence-electron chi connectivity index (χ3n) is 4.75. The summed E-state index contributed by atoms with van der Waals surface area (Å²) in [6.45, 7) is 0.839. The van der Waals surface area contributed by atoms with Gasteiger partial charge in [-0.25, -0.2) is 9.37 Å². The van der Waals surface area contributed by atoms with Crippen LogP contribution in [0, 0.1) is 5.82 Å². The second-order valence-corrected chi connectivity index (χ2v) is 6.74. The molecule has 3 aromatic heterocycles. The summed E-state index contributed by atoms with van der Waals surface area (Å²) in [5, 5.41) is 11.9. The summed E-state index contributed by atoms with van der Waals surface area (Å²) in [6.07, 6.45) is 7.17. The van der Waals surface area contributed by atoms with Crippen LogP contribution in [0.15, 0.2) is 43.1 Å². The molecule has 0 amide bonds. The Kier molecular flexibility index (Phi) is 4.05. The molecule has 28 heavy (non-hydrogen) atoms. The molecule has 4 heterocycles. The van der Waals surface area contributed by atoms with Gasteiger partial charge in [0.25, 0.3) is 0 Å². The Morgan fingerprint density at radius 1 is 1.21 bits per heavy atom. The van der Waals surface area contributed by atoms with Crippen molar-refractivity contribution in [2.45, 2.75) is 13.0 Å². The predicted molar refractivity (Wildman–Crippen MR) is 102 cm³/mol. The molecule has 5 rings (SSSR count). The molecule has 9 heteroatoms. The Morgan fingerprint density at radius 3 is 3.04 bits per heavy atom. The maximum absolute atomic E-state index is 14.4. The van der Waals surface area contributed by atoms with Gasteiger partial charge in [-0.15, -0.1) is 10.2 Å². The summed E-state index contributed by atoms with van der Waals surface area (Å²) >= 11 is 6.28. The lowest BCUT2D eigenvalue weighted by Gasteiger charge is -2.12. The van der Waals surface area contributed by atoms with Gasteiger partial charge in [-0.3, -0.25) is 9.38 Å². The molecule has 0 radical (unpaired) electrons. The lowest BCUT2D eigenvalue weighted by atomic mass is 10.0. The molecule has 0 unspecified atom stereocenters. The van der Waals surface area contributed by atoms with E-state index in [1.54, 1.807) is 41.5 Å². The summed E-state index contributed by atoms with van der Waals surface area (Å²) in [6, 6.07) is 4.80. The molecule has 0 saturated carbocycles. The number of fused-ring (bicyclic) bond motifs is 2. The monoisotopic (exact) mass is 396 g/mol. The van der Waals surface area contributed by atoms with Crippen molar-refractivity contribution in [3.8, 4) is 16.9 Å². The number of hydrogen-bond donors (Lipinski definition) is 1. The molecule has 0 atom stereocenters. The molecule has 1 N–H and O–H groups in total. The smallest absolute Gasteiger partial charge is 0.210 e. The molecule has 0 fully saturated rings. The van der Waals surface area contributed by atoms with E-state index >= 15 is 0 Å². The molecule has 1 aromatic carbocycles. The van der Waals surface area contributed by atoms with Crippen molar-refractivity contribution in [2.24, 2.45) is 0 Å². The summed E-state index contributed by atoms with van der Waals surface area (Å²) in [5.74, 6) is 0.970. The van der Waals surface area contributed by atoms with Gasteiger partial charge in [-0.2, -0.15) is 0 Å². The minimum absolute atomic E-state index is 0.268. The highest BCUT2D eigenvalue weighted by molar-refractivity contribution is 6.33.